The van der Waals surface area contributed by atoms with Crippen LogP contribution in [0.15, 0.2) is 36.7 Å². The summed E-state index contributed by atoms with van der Waals surface area (Å²) in [6.45, 7) is 0. The summed E-state index contributed by atoms with van der Waals surface area (Å²) < 4.78 is 37.4. The summed E-state index contributed by atoms with van der Waals surface area (Å²) in [4.78, 5) is 7.21. The zero-order chi connectivity index (χ0) is 12.5. The Morgan fingerprint density at radius 1 is 1.06 bits per heavy atom. The number of alkyl halides is 3. The Bertz CT molecular complexity index is 540. The van der Waals surface area contributed by atoms with Crippen molar-refractivity contribution in [1.29, 1.82) is 0 Å². The minimum Gasteiger partial charge on any atom is -0.255 e. The quantitative estimate of drug-likeness (QED) is 0.777. The second-order valence-corrected chi connectivity index (χ2v) is 3.67. The predicted octanol–water partition coefficient (Wildman–Crippen LogP) is 3.82. The number of aromatic nitrogens is 2. The highest BCUT2D eigenvalue weighted by Crippen LogP contribution is 2.31. The Kier molecular flexibility index (Phi) is 3.02. The molecule has 2 heterocycles. The van der Waals surface area contributed by atoms with Crippen molar-refractivity contribution in [1.82, 2.24) is 9.97 Å². The molecule has 0 atom stereocenters. The Morgan fingerprint density at radius 3 is 2.47 bits per heavy atom. The first kappa shape index (κ1) is 11.9. The third-order valence-electron chi connectivity index (χ3n) is 2.08. The Labute approximate surface area is 100 Å². The number of rotatable bonds is 1. The van der Waals surface area contributed by atoms with Gasteiger partial charge >= 0.3 is 6.18 Å². The minimum atomic E-state index is -4.47. The number of halogens is 4. The van der Waals surface area contributed by atoms with Crippen molar-refractivity contribution >= 4 is 11.6 Å². The average molecular weight is 259 g/mol. The lowest BCUT2D eigenvalue weighted by Crippen LogP contribution is -2.07. The van der Waals surface area contributed by atoms with Crippen LogP contribution in [0.5, 0.6) is 0 Å². The van der Waals surface area contributed by atoms with Crippen molar-refractivity contribution < 1.29 is 13.2 Å². The van der Waals surface area contributed by atoms with Crippen LogP contribution in [0.3, 0.4) is 0 Å². The van der Waals surface area contributed by atoms with E-state index in [0.29, 0.717) is 10.7 Å². The molecule has 0 radical (unpaired) electrons. The number of nitrogens with zero attached hydrogens (tertiary/aromatic N) is 2. The van der Waals surface area contributed by atoms with E-state index in [4.69, 9.17) is 11.6 Å². The summed E-state index contributed by atoms with van der Waals surface area (Å²) in [6, 6.07) is 5.53. The third-order valence-corrected chi connectivity index (χ3v) is 2.39. The first-order valence-corrected chi connectivity index (χ1v) is 5.00. The van der Waals surface area contributed by atoms with Crippen molar-refractivity contribution in [2.75, 3.05) is 0 Å². The van der Waals surface area contributed by atoms with Gasteiger partial charge < -0.3 is 0 Å². The Hall–Kier alpha value is -1.62. The topological polar surface area (TPSA) is 25.8 Å². The van der Waals surface area contributed by atoms with Gasteiger partial charge in [-0.15, -0.1) is 0 Å². The largest absolute Gasteiger partial charge is 0.433 e. The summed E-state index contributed by atoms with van der Waals surface area (Å²) >= 11 is 5.86. The standard InChI is InChI=1S/C11H6ClF3N2/c12-8-2-1-4-17-10(8)7-3-5-16-9(6-7)11(13,14)15/h1-6H. The molecule has 0 saturated heterocycles. The second-order valence-electron chi connectivity index (χ2n) is 3.26. The van der Waals surface area contributed by atoms with E-state index in [0.717, 1.165) is 12.3 Å². The molecule has 0 N–H and O–H groups in total. The van der Waals surface area contributed by atoms with Gasteiger partial charge in [0.25, 0.3) is 0 Å². The molecule has 2 aromatic rings. The van der Waals surface area contributed by atoms with E-state index in [-0.39, 0.29) is 5.56 Å². The summed E-state index contributed by atoms with van der Waals surface area (Å²) in [5, 5.41) is 0.298. The van der Waals surface area contributed by atoms with Gasteiger partial charge in [0.2, 0.25) is 0 Å². The lowest BCUT2D eigenvalue weighted by molar-refractivity contribution is -0.141. The number of hydrogen-bond acceptors (Lipinski definition) is 2. The van der Waals surface area contributed by atoms with Gasteiger partial charge in [-0.25, -0.2) is 0 Å². The van der Waals surface area contributed by atoms with Crippen LogP contribution in [0.25, 0.3) is 11.3 Å². The maximum Gasteiger partial charge on any atom is 0.433 e. The second kappa shape index (κ2) is 4.33. The summed E-state index contributed by atoms with van der Waals surface area (Å²) in [7, 11) is 0. The van der Waals surface area contributed by atoms with E-state index in [1.165, 1.54) is 12.3 Å². The third kappa shape index (κ3) is 2.55. The molecule has 2 rings (SSSR count). The fourth-order valence-corrected chi connectivity index (χ4v) is 1.56. The first-order chi connectivity index (χ1) is 7.98. The molecule has 0 aliphatic heterocycles. The van der Waals surface area contributed by atoms with Crippen molar-refractivity contribution in [3.63, 3.8) is 0 Å². The Morgan fingerprint density at radius 2 is 1.82 bits per heavy atom. The van der Waals surface area contributed by atoms with Crippen LogP contribution in [0.4, 0.5) is 13.2 Å². The average Bonchev–Trinajstić information content (AvgIpc) is 2.29. The van der Waals surface area contributed by atoms with Crippen LogP contribution in [-0.4, -0.2) is 9.97 Å². The van der Waals surface area contributed by atoms with Crippen LogP contribution < -0.4 is 0 Å². The maximum absolute atomic E-state index is 12.5. The number of pyridine rings is 2. The molecule has 0 aliphatic rings. The summed E-state index contributed by atoms with van der Waals surface area (Å²) in [6.07, 6.45) is -1.92. The van der Waals surface area contributed by atoms with Crippen molar-refractivity contribution in [2.45, 2.75) is 6.18 Å². The Balaban J connectivity index is 2.51. The van der Waals surface area contributed by atoms with E-state index in [9.17, 15) is 13.2 Å². The fourth-order valence-electron chi connectivity index (χ4n) is 1.33. The van der Waals surface area contributed by atoms with E-state index in [2.05, 4.69) is 9.97 Å². The van der Waals surface area contributed by atoms with Gasteiger partial charge in [-0.3, -0.25) is 9.97 Å². The minimum absolute atomic E-state index is 0.290. The van der Waals surface area contributed by atoms with E-state index >= 15 is 0 Å². The smallest absolute Gasteiger partial charge is 0.255 e. The molecule has 2 nitrogen and oxygen atoms in total. The molecule has 17 heavy (non-hydrogen) atoms. The van der Waals surface area contributed by atoms with Crippen LogP contribution in [0.1, 0.15) is 5.69 Å². The molecule has 0 unspecified atom stereocenters. The normalized spacial score (nSPS) is 11.5. The van der Waals surface area contributed by atoms with Gasteiger partial charge in [-0.1, -0.05) is 11.6 Å². The highest BCUT2D eigenvalue weighted by molar-refractivity contribution is 6.33. The molecule has 0 aromatic carbocycles. The summed E-state index contributed by atoms with van der Waals surface area (Å²) in [5.41, 5.74) is -0.364. The van der Waals surface area contributed by atoms with Gasteiger partial charge in [-0.05, 0) is 24.3 Å². The highest BCUT2D eigenvalue weighted by Gasteiger charge is 2.32. The lowest BCUT2D eigenvalue weighted by atomic mass is 10.1. The van der Waals surface area contributed by atoms with Crippen molar-refractivity contribution in [3.8, 4) is 11.3 Å². The monoisotopic (exact) mass is 258 g/mol. The zero-order valence-corrected chi connectivity index (χ0v) is 9.13. The van der Waals surface area contributed by atoms with Gasteiger partial charge in [0.1, 0.15) is 5.69 Å². The van der Waals surface area contributed by atoms with Crippen molar-refractivity contribution in [2.24, 2.45) is 0 Å². The van der Waals surface area contributed by atoms with Crippen LogP contribution in [0.2, 0.25) is 5.02 Å². The summed E-state index contributed by atoms with van der Waals surface area (Å²) in [5.74, 6) is 0. The molecular weight excluding hydrogens is 253 g/mol. The van der Waals surface area contributed by atoms with E-state index in [1.807, 2.05) is 0 Å². The molecule has 2 aromatic heterocycles. The molecule has 6 heteroatoms. The van der Waals surface area contributed by atoms with Crippen molar-refractivity contribution in [3.05, 3.63) is 47.4 Å². The van der Waals surface area contributed by atoms with E-state index < -0.39 is 11.9 Å². The molecule has 0 aliphatic carbocycles. The zero-order valence-electron chi connectivity index (χ0n) is 8.37. The molecular formula is C11H6ClF3N2. The molecule has 88 valence electrons. The van der Waals surface area contributed by atoms with Crippen LogP contribution in [0, 0.1) is 0 Å². The first-order valence-electron chi connectivity index (χ1n) is 4.62. The molecule has 0 amide bonds. The lowest BCUT2D eigenvalue weighted by Gasteiger charge is -2.08. The highest BCUT2D eigenvalue weighted by atomic mass is 35.5. The maximum atomic E-state index is 12.5. The fraction of sp³-hybridized carbons (Fsp3) is 0.0909. The van der Waals surface area contributed by atoms with Crippen LogP contribution >= 0.6 is 11.6 Å². The van der Waals surface area contributed by atoms with Gasteiger partial charge in [0.05, 0.1) is 10.7 Å². The number of hydrogen-bond donors (Lipinski definition) is 0. The van der Waals surface area contributed by atoms with Gasteiger partial charge in [0.15, 0.2) is 0 Å². The molecule has 0 spiro atoms. The van der Waals surface area contributed by atoms with Gasteiger partial charge in [-0.2, -0.15) is 13.2 Å². The predicted molar refractivity (Wildman–Crippen MR) is 57.5 cm³/mol. The van der Waals surface area contributed by atoms with Crippen LogP contribution in [-0.2, 0) is 6.18 Å². The molecule has 0 fully saturated rings. The SMILES string of the molecule is FC(F)(F)c1cc(-c2ncccc2Cl)ccn1. The van der Waals surface area contributed by atoms with Gasteiger partial charge in [0, 0.05) is 18.0 Å². The molecule has 0 bridgehead atoms. The molecule has 0 saturated carbocycles. The van der Waals surface area contributed by atoms with E-state index in [1.54, 1.807) is 12.1 Å².